The van der Waals surface area contributed by atoms with Crippen LogP contribution in [0, 0.1) is 0 Å². The highest BCUT2D eigenvalue weighted by molar-refractivity contribution is 7.89. The molecule has 0 heterocycles. The van der Waals surface area contributed by atoms with E-state index in [-0.39, 0.29) is 17.5 Å². The first-order valence-corrected chi connectivity index (χ1v) is 10.8. The fourth-order valence-corrected chi connectivity index (χ4v) is 4.06. The topological polar surface area (TPSA) is 84.9 Å². The minimum Gasteiger partial charge on any atom is -0.493 e. The molecule has 0 unspecified atom stereocenters. The molecule has 2 rings (SSSR count). The lowest BCUT2D eigenvalue weighted by Crippen LogP contribution is -2.39. The Morgan fingerprint density at radius 3 is 2.28 bits per heavy atom. The Morgan fingerprint density at radius 2 is 1.72 bits per heavy atom. The van der Waals surface area contributed by atoms with Crippen LogP contribution in [0.2, 0.25) is 5.02 Å². The zero-order chi connectivity index (χ0) is 21.6. The van der Waals surface area contributed by atoms with Gasteiger partial charge in [-0.05, 0) is 48.4 Å². The molecule has 0 aromatic heterocycles. The third-order valence-electron chi connectivity index (χ3n) is 4.44. The lowest BCUT2D eigenvalue weighted by atomic mass is 10.0. The Kier molecular flexibility index (Phi) is 7.89. The maximum Gasteiger partial charge on any atom is 0.243 e. The molecule has 0 aliphatic heterocycles. The number of sulfonamides is 1. The van der Waals surface area contributed by atoms with Gasteiger partial charge >= 0.3 is 0 Å². The third kappa shape index (κ3) is 5.62. The minimum atomic E-state index is -3.80. The van der Waals surface area contributed by atoms with Gasteiger partial charge in [0, 0.05) is 12.1 Å². The Balaban J connectivity index is 2.10. The number of carbonyl (C=O) groups is 1. The summed E-state index contributed by atoms with van der Waals surface area (Å²) < 4.78 is 36.8. The van der Waals surface area contributed by atoms with E-state index < -0.39 is 15.9 Å². The Labute approximate surface area is 176 Å². The minimum absolute atomic E-state index is 0.0733. The van der Waals surface area contributed by atoms with Crippen LogP contribution in [0.5, 0.6) is 11.5 Å². The molecule has 7 nitrogen and oxygen atoms in total. The molecule has 9 heteroatoms. The fraction of sp³-hybridized carbons (Fsp3) is 0.350. The van der Waals surface area contributed by atoms with Gasteiger partial charge < -0.3 is 14.8 Å². The van der Waals surface area contributed by atoms with Gasteiger partial charge in [0.25, 0.3) is 0 Å². The zero-order valence-corrected chi connectivity index (χ0v) is 18.4. The summed E-state index contributed by atoms with van der Waals surface area (Å²) in [6, 6.07) is 10.9. The summed E-state index contributed by atoms with van der Waals surface area (Å²) in [5.41, 5.74) is 0.835. The second-order valence-corrected chi connectivity index (χ2v) is 8.84. The number of methoxy groups -OCH3 is 2. The van der Waals surface area contributed by atoms with Crippen LogP contribution in [-0.2, 0) is 14.8 Å². The molecule has 158 valence electrons. The van der Waals surface area contributed by atoms with Crippen molar-refractivity contribution in [3.05, 3.63) is 53.1 Å². The number of ether oxygens (including phenoxy) is 2. The van der Waals surface area contributed by atoms with Crippen molar-refractivity contribution in [2.45, 2.75) is 24.3 Å². The van der Waals surface area contributed by atoms with Gasteiger partial charge in [-0.25, -0.2) is 8.42 Å². The monoisotopic (exact) mass is 440 g/mol. The van der Waals surface area contributed by atoms with Crippen LogP contribution in [0.4, 0.5) is 0 Å². The molecule has 0 aliphatic carbocycles. The SMILES string of the molecule is CC[C@@H](NC(=O)CN(C)S(=O)(=O)c1ccc(Cl)cc1)c1ccc(OC)c(OC)c1. The van der Waals surface area contributed by atoms with Crippen molar-refractivity contribution in [1.29, 1.82) is 0 Å². The predicted octanol–water partition coefficient (Wildman–Crippen LogP) is 3.25. The van der Waals surface area contributed by atoms with E-state index in [4.69, 9.17) is 21.1 Å². The molecule has 2 aromatic rings. The molecular weight excluding hydrogens is 416 g/mol. The number of amides is 1. The number of likely N-dealkylation sites (N-methyl/N-ethyl adjacent to an activating group) is 1. The van der Waals surface area contributed by atoms with Crippen LogP contribution in [0.25, 0.3) is 0 Å². The van der Waals surface area contributed by atoms with Crippen molar-refractivity contribution >= 4 is 27.5 Å². The molecule has 0 spiro atoms. The van der Waals surface area contributed by atoms with Crippen molar-refractivity contribution in [1.82, 2.24) is 9.62 Å². The normalized spacial score (nSPS) is 12.5. The van der Waals surface area contributed by atoms with Crippen molar-refractivity contribution < 1.29 is 22.7 Å². The van der Waals surface area contributed by atoms with E-state index in [2.05, 4.69) is 5.32 Å². The van der Waals surface area contributed by atoms with E-state index in [0.717, 1.165) is 9.87 Å². The summed E-state index contributed by atoms with van der Waals surface area (Å²) >= 11 is 5.81. The van der Waals surface area contributed by atoms with Gasteiger partial charge in [-0.3, -0.25) is 4.79 Å². The highest BCUT2D eigenvalue weighted by Crippen LogP contribution is 2.30. The first kappa shape index (κ1) is 23.0. The number of hydrogen-bond acceptors (Lipinski definition) is 5. The average Bonchev–Trinajstić information content (AvgIpc) is 2.71. The van der Waals surface area contributed by atoms with E-state index >= 15 is 0 Å². The number of hydrogen-bond donors (Lipinski definition) is 1. The van der Waals surface area contributed by atoms with E-state index in [0.29, 0.717) is 22.9 Å². The van der Waals surface area contributed by atoms with Crippen molar-refractivity contribution in [2.75, 3.05) is 27.8 Å². The van der Waals surface area contributed by atoms with Crippen molar-refractivity contribution in [2.24, 2.45) is 0 Å². The zero-order valence-electron chi connectivity index (χ0n) is 16.8. The number of halogens is 1. The van der Waals surface area contributed by atoms with Crippen LogP contribution in [0.15, 0.2) is 47.4 Å². The van der Waals surface area contributed by atoms with Gasteiger partial charge in [0.2, 0.25) is 15.9 Å². The summed E-state index contributed by atoms with van der Waals surface area (Å²) in [6.07, 6.45) is 0.620. The molecule has 0 aliphatic rings. The van der Waals surface area contributed by atoms with Gasteiger partial charge in [0.05, 0.1) is 31.7 Å². The van der Waals surface area contributed by atoms with E-state index in [9.17, 15) is 13.2 Å². The Morgan fingerprint density at radius 1 is 1.10 bits per heavy atom. The number of carbonyl (C=O) groups excluding carboxylic acids is 1. The lowest BCUT2D eigenvalue weighted by Gasteiger charge is -2.21. The van der Waals surface area contributed by atoms with E-state index in [1.54, 1.807) is 19.2 Å². The van der Waals surface area contributed by atoms with Gasteiger partial charge in [-0.15, -0.1) is 0 Å². The smallest absolute Gasteiger partial charge is 0.243 e. The van der Waals surface area contributed by atoms with Crippen LogP contribution in [0.1, 0.15) is 24.9 Å². The molecule has 29 heavy (non-hydrogen) atoms. The quantitative estimate of drug-likeness (QED) is 0.647. The van der Waals surface area contributed by atoms with Gasteiger partial charge in [-0.1, -0.05) is 24.6 Å². The van der Waals surface area contributed by atoms with Crippen molar-refractivity contribution in [3.63, 3.8) is 0 Å². The third-order valence-corrected chi connectivity index (χ3v) is 6.51. The van der Waals surface area contributed by atoms with Gasteiger partial charge in [0.15, 0.2) is 11.5 Å². The van der Waals surface area contributed by atoms with E-state index in [1.165, 1.54) is 38.4 Å². The lowest BCUT2D eigenvalue weighted by molar-refractivity contribution is -0.121. The molecule has 2 aromatic carbocycles. The maximum absolute atomic E-state index is 12.6. The average molecular weight is 441 g/mol. The molecule has 1 amide bonds. The van der Waals surface area contributed by atoms with Crippen molar-refractivity contribution in [3.8, 4) is 11.5 Å². The van der Waals surface area contributed by atoms with Gasteiger partial charge in [0.1, 0.15) is 0 Å². The Hall–Kier alpha value is -2.29. The highest BCUT2D eigenvalue weighted by Gasteiger charge is 2.24. The summed E-state index contributed by atoms with van der Waals surface area (Å²) in [5.74, 6) is 0.734. The summed E-state index contributed by atoms with van der Waals surface area (Å²) in [5, 5.41) is 3.31. The highest BCUT2D eigenvalue weighted by atomic mass is 35.5. The Bertz CT molecular complexity index is 948. The van der Waals surface area contributed by atoms with Crippen LogP contribution >= 0.6 is 11.6 Å². The summed E-state index contributed by atoms with van der Waals surface area (Å²) in [6.45, 7) is 1.62. The number of nitrogens with one attached hydrogen (secondary N) is 1. The molecule has 0 saturated heterocycles. The van der Waals surface area contributed by atoms with Crippen LogP contribution in [-0.4, -0.2) is 46.4 Å². The number of nitrogens with zero attached hydrogens (tertiary/aromatic N) is 1. The largest absolute Gasteiger partial charge is 0.493 e. The number of rotatable bonds is 9. The maximum atomic E-state index is 12.6. The first-order valence-electron chi connectivity index (χ1n) is 8.96. The molecule has 0 saturated carbocycles. The fourth-order valence-electron chi connectivity index (χ4n) is 2.80. The molecule has 0 radical (unpaired) electrons. The molecule has 1 atom stereocenters. The second kappa shape index (κ2) is 9.96. The van der Waals surface area contributed by atoms with Crippen LogP contribution < -0.4 is 14.8 Å². The van der Waals surface area contributed by atoms with E-state index in [1.807, 2.05) is 13.0 Å². The predicted molar refractivity (Wildman–Crippen MR) is 112 cm³/mol. The molecule has 1 N–H and O–H groups in total. The summed E-state index contributed by atoms with van der Waals surface area (Å²) in [4.78, 5) is 12.6. The van der Waals surface area contributed by atoms with Gasteiger partial charge in [-0.2, -0.15) is 4.31 Å². The molecule has 0 bridgehead atoms. The van der Waals surface area contributed by atoms with Crippen LogP contribution in [0.3, 0.4) is 0 Å². The second-order valence-electron chi connectivity index (χ2n) is 6.36. The molecule has 0 fully saturated rings. The standard InChI is InChI=1S/C20H25ClN2O5S/c1-5-17(14-6-11-18(27-3)19(12-14)28-4)22-20(24)13-23(2)29(25,26)16-9-7-15(21)8-10-16/h6-12,17H,5,13H2,1-4H3,(H,22,24)/t17-/m1/s1. The first-order chi connectivity index (χ1) is 13.7. The molecular formula is C20H25ClN2O5S. The number of benzene rings is 2. The summed E-state index contributed by atoms with van der Waals surface area (Å²) in [7, 11) is 0.650.